The molecule has 10 heteroatoms. The van der Waals surface area contributed by atoms with Crippen molar-refractivity contribution in [2.75, 3.05) is 11.9 Å². The van der Waals surface area contributed by atoms with Crippen LogP contribution in [-0.4, -0.2) is 34.4 Å². The lowest BCUT2D eigenvalue weighted by Crippen LogP contribution is -2.28. The number of amides is 1. The molecule has 1 atom stereocenters. The van der Waals surface area contributed by atoms with Gasteiger partial charge < -0.3 is 20.5 Å². The second kappa shape index (κ2) is 10.0. The predicted octanol–water partition coefficient (Wildman–Crippen LogP) is 3.54. The highest BCUT2D eigenvalue weighted by Crippen LogP contribution is 2.42. The lowest BCUT2D eigenvalue weighted by Gasteiger charge is -2.18. The molecule has 0 spiro atoms. The van der Waals surface area contributed by atoms with Gasteiger partial charge in [0.05, 0.1) is 0 Å². The summed E-state index contributed by atoms with van der Waals surface area (Å²) in [5.41, 5.74) is 15.9. The summed E-state index contributed by atoms with van der Waals surface area (Å²) in [6.07, 6.45) is 0.608. The molecule has 0 radical (unpaired) electrons. The number of imidazole rings is 1. The van der Waals surface area contributed by atoms with Gasteiger partial charge >= 0.3 is 0 Å². The molecular weight excluding hydrogens is 465 g/mol. The number of aldehydes is 1. The summed E-state index contributed by atoms with van der Waals surface area (Å²) in [5.74, 6) is -0.137. The Morgan fingerprint density at radius 1 is 1.17 bits per heavy atom. The molecule has 4 aromatic rings. The van der Waals surface area contributed by atoms with Gasteiger partial charge in [0.2, 0.25) is 6.23 Å². The molecule has 0 aliphatic carbocycles. The SMILES string of the molecule is Cc1cccc(C)c1Nc1c(-c2c(C)cc(OC(N)C=O)cc2OCC(N)=O)nc2ccc(F)cn12. The van der Waals surface area contributed by atoms with Crippen molar-refractivity contribution in [3.8, 4) is 22.8 Å². The lowest BCUT2D eigenvalue weighted by molar-refractivity contribution is -0.120. The van der Waals surface area contributed by atoms with E-state index in [0.717, 1.165) is 16.8 Å². The van der Waals surface area contributed by atoms with E-state index < -0.39 is 24.6 Å². The Balaban J connectivity index is 1.96. The molecule has 0 fully saturated rings. The van der Waals surface area contributed by atoms with Crippen molar-refractivity contribution < 1.29 is 23.5 Å². The van der Waals surface area contributed by atoms with Gasteiger partial charge in [-0.15, -0.1) is 0 Å². The molecule has 186 valence electrons. The number of hydrogen-bond donors (Lipinski definition) is 3. The standard InChI is InChI=1S/C26H26FN5O4/c1-14-5-4-6-15(2)24(14)31-26-25(30-22-8-7-17(27)11-32(22)26)23-16(3)9-18(36-21(29)12-33)10-19(23)35-13-20(28)34/h4-12,21,31H,13,29H2,1-3H3,(H2,28,34). The Kier molecular flexibility index (Phi) is 6.89. The van der Waals surface area contributed by atoms with Gasteiger partial charge in [-0.2, -0.15) is 0 Å². The molecular formula is C26H26FN5O4. The predicted molar refractivity (Wildman–Crippen MR) is 134 cm³/mol. The summed E-state index contributed by atoms with van der Waals surface area (Å²) in [4.78, 5) is 27.2. The molecule has 4 rings (SSSR count). The van der Waals surface area contributed by atoms with Crippen molar-refractivity contribution in [1.29, 1.82) is 0 Å². The average molecular weight is 492 g/mol. The first-order valence-electron chi connectivity index (χ1n) is 11.1. The maximum Gasteiger partial charge on any atom is 0.255 e. The number of benzene rings is 2. The highest BCUT2D eigenvalue weighted by Gasteiger charge is 2.23. The zero-order chi connectivity index (χ0) is 26.0. The number of halogens is 1. The average Bonchev–Trinajstić information content (AvgIpc) is 3.16. The van der Waals surface area contributed by atoms with Gasteiger partial charge in [-0.1, -0.05) is 18.2 Å². The molecule has 9 nitrogen and oxygen atoms in total. The number of anilines is 2. The number of ether oxygens (including phenoxy) is 2. The van der Waals surface area contributed by atoms with Crippen LogP contribution in [0, 0.1) is 26.6 Å². The van der Waals surface area contributed by atoms with E-state index in [1.54, 1.807) is 23.5 Å². The van der Waals surface area contributed by atoms with E-state index in [9.17, 15) is 14.0 Å². The van der Waals surface area contributed by atoms with Gasteiger partial charge in [-0.25, -0.2) is 9.37 Å². The van der Waals surface area contributed by atoms with Crippen LogP contribution in [0.3, 0.4) is 0 Å². The molecule has 1 unspecified atom stereocenters. The maximum atomic E-state index is 14.3. The van der Waals surface area contributed by atoms with Crippen LogP contribution in [0.15, 0.2) is 48.7 Å². The molecule has 36 heavy (non-hydrogen) atoms. The summed E-state index contributed by atoms with van der Waals surface area (Å²) in [7, 11) is 0. The van der Waals surface area contributed by atoms with Gasteiger partial charge in [0.1, 0.15) is 34.5 Å². The van der Waals surface area contributed by atoms with E-state index in [2.05, 4.69) is 5.32 Å². The molecule has 2 aromatic heterocycles. The fraction of sp³-hybridized carbons (Fsp3) is 0.192. The molecule has 1 amide bonds. The van der Waals surface area contributed by atoms with Gasteiger partial charge in [0.25, 0.3) is 5.91 Å². The Hall–Kier alpha value is -4.44. The Labute approximate surface area is 206 Å². The number of aryl methyl sites for hydroxylation is 3. The number of primary amides is 1. The monoisotopic (exact) mass is 491 g/mol. The van der Waals surface area contributed by atoms with Gasteiger partial charge in [-0.3, -0.25) is 19.7 Å². The molecule has 0 aliphatic heterocycles. The van der Waals surface area contributed by atoms with Crippen LogP contribution in [0.25, 0.3) is 16.9 Å². The Morgan fingerprint density at radius 2 is 1.89 bits per heavy atom. The number of pyridine rings is 1. The number of carbonyl (C=O) groups is 2. The minimum Gasteiger partial charge on any atom is -0.483 e. The van der Waals surface area contributed by atoms with Gasteiger partial charge in [0, 0.05) is 23.5 Å². The third kappa shape index (κ3) is 4.98. The second-order valence-corrected chi connectivity index (χ2v) is 8.36. The summed E-state index contributed by atoms with van der Waals surface area (Å²) >= 11 is 0. The van der Waals surface area contributed by atoms with Crippen molar-refractivity contribution in [2.45, 2.75) is 27.0 Å². The first kappa shape index (κ1) is 24.7. The number of nitrogens with two attached hydrogens (primary N) is 2. The molecule has 0 saturated heterocycles. The molecule has 0 aliphatic rings. The van der Waals surface area contributed by atoms with Crippen molar-refractivity contribution in [1.82, 2.24) is 9.38 Å². The van der Waals surface area contributed by atoms with Crippen LogP contribution in [0.2, 0.25) is 0 Å². The van der Waals surface area contributed by atoms with Gasteiger partial charge in [-0.05, 0) is 55.7 Å². The number of carbonyl (C=O) groups excluding carboxylic acids is 2. The fourth-order valence-electron chi connectivity index (χ4n) is 3.98. The van der Waals surface area contributed by atoms with Crippen LogP contribution in [0.5, 0.6) is 11.5 Å². The number of para-hydroxylation sites is 1. The van der Waals surface area contributed by atoms with Crippen LogP contribution in [-0.2, 0) is 9.59 Å². The van der Waals surface area contributed by atoms with Crippen LogP contribution in [0.4, 0.5) is 15.9 Å². The van der Waals surface area contributed by atoms with Crippen molar-refractivity contribution in [2.24, 2.45) is 11.5 Å². The number of fused-ring (bicyclic) bond motifs is 1. The van der Waals surface area contributed by atoms with Crippen molar-refractivity contribution in [3.63, 3.8) is 0 Å². The van der Waals surface area contributed by atoms with E-state index in [4.69, 9.17) is 25.9 Å². The largest absolute Gasteiger partial charge is 0.483 e. The normalized spacial score (nSPS) is 11.8. The van der Waals surface area contributed by atoms with Crippen molar-refractivity contribution >= 4 is 29.3 Å². The minimum atomic E-state index is -1.18. The quantitative estimate of drug-likeness (QED) is 0.241. The zero-order valence-electron chi connectivity index (χ0n) is 20.0. The topological polar surface area (TPSA) is 134 Å². The Morgan fingerprint density at radius 3 is 2.56 bits per heavy atom. The molecule has 2 heterocycles. The first-order chi connectivity index (χ1) is 17.2. The van der Waals surface area contributed by atoms with Crippen LogP contribution < -0.4 is 26.3 Å². The second-order valence-electron chi connectivity index (χ2n) is 8.36. The fourth-order valence-corrected chi connectivity index (χ4v) is 3.98. The van der Waals surface area contributed by atoms with E-state index in [1.807, 2.05) is 32.0 Å². The molecule has 5 N–H and O–H groups in total. The molecule has 0 bridgehead atoms. The molecule has 0 saturated carbocycles. The maximum absolute atomic E-state index is 14.3. The summed E-state index contributed by atoms with van der Waals surface area (Å²) in [5, 5.41) is 3.42. The third-order valence-electron chi connectivity index (χ3n) is 5.59. The van der Waals surface area contributed by atoms with Crippen molar-refractivity contribution in [3.05, 3.63) is 71.2 Å². The number of nitrogens with one attached hydrogen (secondary N) is 1. The highest BCUT2D eigenvalue weighted by molar-refractivity contribution is 5.86. The number of rotatable bonds is 9. The molecule has 2 aromatic carbocycles. The number of hydrogen-bond acceptors (Lipinski definition) is 7. The number of aromatic nitrogens is 2. The smallest absolute Gasteiger partial charge is 0.255 e. The lowest BCUT2D eigenvalue weighted by atomic mass is 10.0. The first-order valence-corrected chi connectivity index (χ1v) is 11.1. The Bertz CT molecular complexity index is 1450. The third-order valence-corrected chi connectivity index (χ3v) is 5.59. The van der Waals surface area contributed by atoms with E-state index >= 15 is 0 Å². The van der Waals surface area contributed by atoms with E-state index in [1.165, 1.54) is 18.3 Å². The van der Waals surface area contributed by atoms with E-state index in [0.29, 0.717) is 34.6 Å². The summed E-state index contributed by atoms with van der Waals surface area (Å²) in [6.45, 7) is 5.32. The summed E-state index contributed by atoms with van der Waals surface area (Å²) in [6, 6.07) is 11.9. The van der Waals surface area contributed by atoms with Gasteiger partial charge in [0.15, 0.2) is 12.9 Å². The minimum absolute atomic E-state index is 0.232. The highest BCUT2D eigenvalue weighted by atomic mass is 19.1. The zero-order valence-corrected chi connectivity index (χ0v) is 20.0. The van der Waals surface area contributed by atoms with Crippen LogP contribution in [0.1, 0.15) is 16.7 Å². The van der Waals surface area contributed by atoms with Crippen LogP contribution >= 0.6 is 0 Å². The van der Waals surface area contributed by atoms with E-state index in [-0.39, 0.29) is 11.5 Å². The summed E-state index contributed by atoms with van der Waals surface area (Å²) < 4.78 is 27.1. The number of nitrogens with zero attached hydrogens (tertiary/aromatic N) is 2.